The Hall–Kier alpha value is -11.7. The van der Waals surface area contributed by atoms with E-state index in [9.17, 15) is 0 Å². The molecule has 116 heavy (non-hydrogen) atoms. The zero-order valence-electron chi connectivity index (χ0n) is 63.5. The van der Waals surface area contributed by atoms with Gasteiger partial charge in [-0.2, -0.15) is 0 Å². The molecule has 0 aromatic heterocycles. The smallest absolute Gasteiger partial charge is 0.0468 e. The van der Waals surface area contributed by atoms with Crippen LogP contribution in [0.25, 0.3) is 88.3 Å². The fourth-order valence-electron chi connectivity index (χ4n) is 14.5. The van der Waals surface area contributed by atoms with E-state index in [0.29, 0.717) is 0 Å². The van der Waals surface area contributed by atoms with Crippen LogP contribution in [0.1, 0.15) is 7.43 Å². The normalized spacial score (nSPS) is 11.0. The van der Waals surface area contributed by atoms with E-state index in [-0.39, 0.29) is 19.1 Å². The lowest BCUT2D eigenvalue weighted by atomic mass is 10.00. The maximum atomic E-state index is 2.77. The van der Waals surface area contributed by atoms with Gasteiger partial charge in [-0.05, 0) is 234 Å². The van der Waals surface area contributed by atoms with E-state index in [1.54, 1.807) is 0 Å². The molecule has 18 rings (SSSR count). The molecule has 0 saturated carbocycles. The first kappa shape index (κ1) is 79.5. The largest absolute Gasteiger partial charge is 0.311 e. The van der Waals surface area contributed by atoms with Gasteiger partial charge in [0, 0.05) is 72.6 Å². The molecule has 0 aliphatic carbocycles. The van der Waals surface area contributed by atoms with Crippen molar-refractivity contribution in [3.05, 3.63) is 461 Å². The lowest BCUT2D eigenvalue weighted by Gasteiger charge is -2.26. The quantitative estimate of drug-likeness (QED) is 0.0748. The fraction of sp³-hybridized carbons (Fsp3) is 0.0189. The molecule has 4 nitrogen and oxygen atoms in total. The molecule has 5 atom stereocenters. The standard InChI is InChI=1S/C60H44N2.C44H32N2.CH10P6.CH4/c1-5-13-45(14-6-1)48-21-23-49(24-22-48)52-29-39-56(40-30-52)61(55-19-11-4-12-20-55)57-41-31-53(32-42-57)54-33-43-60(44-34-54)62(58-35-25-50(26-36-58)46-15-7-2-8-16-46)59-37-27-51(28-38-59)47-17-9-3-10-18-47;1-3-15-39(16-4-1)45(43-29-23-33-11-7-9-13-37(33)31-43)41-25-19-35(20-26-41)36-21-27-42(28-22-36)46(40-17-5-2-6-18-40)44-30-24-34-12-8-10-14-38(34)32-44;2-1(3,4)7(5)6;/h1-44H;1-32H;2-6H2;1H4. The molecule has 0 spiro atoms. The summed E-state index contributed by atoms with van der Waals surface area (Å²) in [6, 6.07) is 165. The Kier molecular flexibility index (Phi) is 25.8. The number of anilines is 12. The highest BCUT2D eigenvalue weighted by atomic mass is 32.4. The van der Waals surface area contributed by atoms with Crippen LogP contribution in [0.5, 0.6) is 0 Å². The average Bonchev–Trinajstić information content (AvgIpc) is 0.813. The Bertz CT molecular complexity index is 5900. The maximum Gasteiger partial charge on any atom is 0.0468 e. The van der Waals surface area contributed by atoms with E-state index in [0.717, 1.165) is 79.4 Å². The van der Waals surface area contributed by atoms with Crippen molar-refractivity contribution >= 4 is 143 Å². The van der Waals surface area contributed by atoms with Crippen molar-refractivity contribution in [3.8, 4) is 66.8 Å². The molecule has 0 heterocycles. The summed E-state index contributed by atoms with van der Waals surface area (Å²) in [7, 11) is 13.7. The molecule has 5 unspecified atom stereocenters. The van der Waals surface area contributed by atoms with Gasteiger partial charge in [-0.25, -0.2) is 0 Å². The molecular formula is C106H90N4P6. The first-order valence-corrected chi connectivity index (χ1v) is 44.8. The summed E-state index contributed by atoms with van der Waals surface area (Å²) in [6.07, 6.45) is 0. The Morgan fingerprint density at radius 1 is 0.155 bits per heavy atom. The van der Waals surface area contributed by atoms with E-state index in [1.165, 1.54) is 77.2 Å². The predicted molar refractivity (Wildman–Crippen MR) is 524 cm³/mol. The summed E-state index contributed by atoms with van der Waals surface area (Å²) < 4.78 is 0.241. The van der Waals surface area contributed by atoms with Gasteiger partial charge in [0.05, 0.1) is 0 Å². The summed E-state index contributed by atoms with van der Waals surface area (Å²) in [5.41, 5.74) is 27.7. The van der Waals surface area contributed by atoms with E-state index in [1.807, 2.05) is 0 Å². The van der Waals surface area contributed by atoms with Crippen LogP contribution in [-0.2, 0) is 0 Å². The molecule has 0 saturated heterocycles. The minimum Gasteiger partial charge on any atom is -0.311 e. The van der Waals surface area contributed by atoms with Gasteiger partial charge in [-0.3, -0.25) is 0 Å². The third-order valence-corrected chi connectivity index (χ3v) is 32.2. The Morgan fingerprint density at radius 2 is 0.293 bits per heavy atom. The maximum absolute atomic E-state index is 2.77. The summed E-state index contributed by atoms with van der Waals surface area (Å²) in [4.78, 5) is 9.29. The summed E-state index contributed by atoms with van der Waals surface area (Å²) in [6.45, 7) is 0. The molecule has 0 amide bonds. The van der Waals surface area contributed by atoms with Crippen molar-refractivity contribution in [3.63, 3.8) is 0 Å². The number of rotatable bonds is 19. The zero-order valence-corrected chi connectivity index (χ0v) is 70.2. The lowest BCUT2D eigenvalue weighted by Crippen LogP contribution is -2.10. The first-order chi connectivity index (χ1) is 56.5. The number of para-hydroxylation sites is 3. The molecule has 0 N–H and O–H groups in total. The van der Waals surface area contributed by atoms with Gasteiger partial charge in [-0.15, -0.1) is 45.6 Å². The molecular weight excluding hydrogens is 1520 g/mol. The van der Waals surface area contributed by atoms with Gasteiger partial charge < -0.3 is 19.6 Å². The second-order valence-electron chi connectivity index (χ2n) is 28.2. The van der Waals surface area contributed by atoms with Crippen molar-refractivity contribution < 1.29 is 0 Å². The summed E-state index contributed by atoms with van der Waals surface area (Å²) in [5, 5.41) is 4.94. The Balaban J connectivity index is 0.000000173. The number of hydrogen-bond donors (Lipinski definition) is 0. The minimum absolute atomic E-state index is 0. The van der Waals surface area contributed by atoms with Gasteiger partial charge in [0.25, 0.3) is 0 Å². The molecule has 0 aliphatic heterocycles. The molecule has 10 heteroatoms. The third kappa shape index (κ3) is 19.1. The second-order valence-corrected chi connectivity index (χ2v) is 41.2. The second kappa shape index (κ2) is 37.7. The van der Waals surface area contributed by atoms with Crippen LogP contribution in [0.2, 0.25) is 0 Å². The zero-order chi connectivity index (χ0) is 78.3. The van der Waals surface area contributed by atoms with Crippen molar-refractivity contribution in [2.75, 3.05) is 19.6 Å². The van der Waals surface area contributed by atoms with E-state index >= 15 is 0 Å². The van der Waals surface area contributed by atoms with Crippen molar-refractivity contribution in [1.82, 2.24) is 0 Å². The summed E-state index contributed by atoms with van der Waals surface area (Å²) in [5.74, 6) is 0. The highest BCUT2D eigenvalue weighted by molar-refractivity contribution is 8.47. The lowest BCUT2D eigenvalue weighted by molar-refractivity contribution is 1.28. The van der Waals surface area contributed by atoms with Crippen molar-refractivity contribution in [2.45, 2.75) is 11.8 Å². The molecule has 564 valence electrons. The minimum atomic E-state index is -0.0193. The van der Waals surface area contributed by atoms with E-state index in [2.05, 4.69) is 526 Å². The molecule has 18 aromatic rings. The molecule has 0 aliphatic rings. The van der Waals surface area contributed by atoms with Crippen LogP contribution < -0.4 is 19.6 Å². The van der Waals surface area contributed by atoms with Crippen LogP contribution in [0, 0.1) is 0 Å². The topological polar surface area (TPSA) is 13.0 Å². The van der Waals surface area contributed by atoms with Crippen LogP contribution >= 0.6 is 52.9 Å². The van der Waals surface area contributed by atoms with Crippen molar-refractivity contribution in [2.24, 2.45) is 0 Å². The Morgan fingerprint density at radius 3 is 0.491 bits per heavy atom. The molecule has 0 fully saturated rings. The molecule has 0 bridgehead atoms. The molecule has 18 aromatic carbocycles. The van der Waals surface area contributed by atoms with Gasteiger partial charge in [0.1, 0.15) is 0 Å². The van der Waals surface area contributed by atoms with E-state index in [4.69, 9.17) is 0 Å². The number of benzene rings is 18. The van der Waals surface area contributed by atoms with E-state index < -0.39 is 0 Å². The number of nitrogens with zero attached hydrogens (tertiary/aromatic N) is 4. The number of fused-ring (bicyclic) bond motifs is 2. The van der Waals surface area contributed by atoms with Crippen LogP contribution in [-0.4, -0.2) is 4.38 Å². The van der Waals surface area contributed by atoms with Gasteiger partial charge in [0.2, 0.25) is 0 Å². The van der Waals surface area contributed by atoms with Crippen LogP contribution in [0.3, 0.4) is 0 Å². The Labute approximate surface area is 696 Å². The van der Waals surface area contributed by atoms with Crippen molar-refractivity contribution in [1.29, 1.82) is 0 Å². The summed E-state index contributed by atoms with van der Waals surface area (Å²) >= 11 is 0. The predicted octanol–water partition coefficient (Wildman–Crippen LogP) is 32.5. The average molecular weight is 1610 g/mol. The highest BCUT2D eigenvalue weighted by Gasteiger charge is 2.20. The monoisotopic (exact) mass is 1600 g/mol. The van der Waals surface area contributed by atoms with Crippen LogP contribution in [0.4, 0.5) is 68.2 Å². The first-order valence-electron chi connectivity index (χ1n) is 38.5. The fourth-order valence-corrected chi connectivity index (χ4v) is 14.5. The SMILES string of the molecule is C.PP(P)C(P)(P)P.c1ccc(-c2ccc(-c3ccc(N(c4ccccc4)c4ccc(-c5ccc(N(c6ccc(-c7ccccc7)cc6)c6ccc(-c7ccccc7)cc6)cc5)cc4)cc3)cc2)cc1.c1ccc(N(c2ccc(-c3ccc(N(c4ccccc4)c4ccc5ccccc5c4)cc3)cc2)c2ccc3ccccc3c2)cc1. The number of hydrogen-bond acceptors (Lipinski definition) is 4. The van der Waals surface area contributed by atoms with Gasteiger partial charge >= 0.3 is 0 Å². The van der Waals surface area contributed by atoms with Gasteiger partial charge in [0.15, 0.2) is 0 Å². The van der Waals surface area contributed by atoms with Crippen LogP contribution in [0.15, 0.2) is 461 Å². The van der Waals surface area contributed by atoms with Gasteiger partial charge in [-0.1, -0.05) is 330 Å². The third-order valence-electron chi connectivity index (χ3n) is 20.6. The molecule has 0 radical (unpaired) electrons. The highest BCUT2D eigenvalue weighted by Crippen LogP contribution is 2.72.